The summed E-state index contributed by atoms with van der Waals surface area (Å²) in [6.07, 6.45) is 1.73. The van der Waals surface area contributed by atoms with E-state index in [1.165, 1.54) is 0 Å². The molecule has 1 saturated carbocycles. The van der Waals surface area contributed by atoms with Gasteiger partial charge in [0.1, 0.15) is 0 Å². The average Bonchev–Trinajstić information content (AvgIpc) is 3.08. The standard InChI is InChI=1S/C14H20O4/c1-5-9-8-14(9,15)10-6-7-11(16-2)13(18-4)12(10)17-3/h6-7,9,15H,5,8H2,1-4H3. The van der Waals surface area contributed by atoms with E-state index in [1.54, 1.807) is 27.4 Å². The van der Waals surface area contributed by atoms with Crippen molar-refractivity contribution in [1.82, 2.24) is 0 Å². The molecule has 0 aromatic heterocycles. The van der Waals surface area contributed by atoms with E-state index in [1.807, 2.05) is 6.07 Å². The van der Waals surface area contributed by atoms with Gasteiger partial charge in [-0.1, -0.05) is 13.3 Å². The van der Waals surface area contributed by atoms with Crippen molar-refractivity contribution in [3.8, 4) is 17.2 Å². The molecule has 4 nitrogen and oxygen atoms in total. The maximum absolute atomic E-state index is 10.6. The first-order chi connectivity index (χ1) is 8.62. The fourth-order valence-electron chi connectivity index (χ4n) is 2.57. The normalized spacial score (nSPS) is 25.7. The monoisotopic (exact) mass is 252 g/mol. The molecule has 2 unspecified atom stereocenters. The van der Waals surface area contributed by atoms with Crippen molar-refractivity contribution in [3.05, 3.63) is 17.7 Å². The Morgan fingerprint density at radius 2 is 1.83 bits per heavy atom. The van der Waals surface area contributed by atoms with Crippen molar-refractivity contribution < 1.29 is 19.3 Å². The highest BCUT2D eigenvalue weighted by Gasteiger charge is 2.54. The van der Waals surface area contributed by atoms with Crippen LogP contribution in [0.3, 0.4) is 0 Å². The van der Waals surface area contributed by atoms with Crippen molar-refractivity contribution in [2.75, 3.05) is 21.3 Å². The lowest BCUT2D eigenvalue weighted by Crippen LogP contribution is -2.11. The molecule has 1 aromatic carbocycles. The number of hydrogen-bond acceptors (Lipinski definition) is 4. The number of hydrogen-bond donors (Lipinski definition) is 1. The smallest absolute Gasteiger partial charge is 0.203 e. The van der Waals surface area contributed by atoms with Gasteiger partial charge in [0.15, 0.2) is 11.5 Å². The van der Waals surface area contributed by atoms with Crippen LogP contribution in [0.4, 0.5) is 0 Å². The van der Waals surface area contributed by atoms with E-state index in [0.717, 1.165) is 18.4 Å². The van der Waals surface area contributed by atoms with Crippen LogP contribution in [0.1, 0.15) is 25.3 Å². The van der Waals surface area contributed by atoms with Crippen LogP contribution in [0, 0.1) is 5.92 Å². The second-order valence-corrected chi connectivity index (χ2v) is 4.62. The molecule has 0 aliphatic heterocycles. The van der Waals surface area contributed by atoms with Gasteiger partial charge >= 0.3 is 0 Å². The molecule has 1 N–H and O–H groups in total. The van der Waals surface area contributed by atoms with Crippen molar-refractivity contribution in [3.63, 3.8) is 0 Å². The molecular formula is C14H20O4. The summed E-state index contributed by atoms with van der Waals surface area (Å²) in [5, 5.41) is 10.6. The summed E-state index contributed by atoms with van der Waals surface area (Å²) < 4.78 is 16.0. The van der Waals surface area contributed by atoms with Crippen LogP contribution < -0.4 is 14.2 Å². The number of aliphatic hydroxyl groups is 1. The summed E-state index contributed by atoms with van der Waals surface area (Å²) in [6, 6.07) is 3.66. The Balaban J connectivity index is 2.49. The van der Waals surface area contributed by atoms with Gasteiger partial charge in [0, 0.05) is 5.56 Å². The molecule has 0 spiro atoms. The Morgan fingerprint density at radius 3 is 2.28 bits per heavy atom. The van der Waals surface area contributed by atoms with Gasteiger partial charge < -0.3 is 19.3 Å². The molecule has 2 atom stereocenters. The predicted octanol–water partition coefficient (Wildman–Crippen LogP) is 2.33. The molecule has 1 aliphatic carbocycles. The fraction of sp³-hybridized carbons (Fsp3) is 0.571. The number of ether oxygens (including phenoxy) is 3. The number of rotatable bonds is 5. The molecule has 100 valence electrons. The minimum absolute atomic E-state index is 0.296. The molecule has 18 heavy (non-hydrogen) atoms. The minimum atomic E-state index is -0.778. The van der Waals surface area contributed by atoms with E-state index >= 15 is 0 Å². The molecule has 0 heterocycles. The van der Waals surface area contributed by atoms with Gasteiger partial charge in [-0.25, -0.2) is 0 Å². The summed E-state index contributed by atoms with van der Waals surface area (Å²) in [7, 11) is 4.73. The van der Waals surface area contributed by atoms with Crippen LogP contribution >= 0.6 is 0 Å². The Kier molecular flexibility index (Phi) is 3.39. The molecule has 1 aliphatic rings. The van der Waals surface area contributed by atoms with Gasteiger partial charge in [-0.3, -0.25) is 0 Å². The lowest BCUT2D eigenvalue weighted by atomic mass is 10.0. The summed E-state index contributed by atoms with van der Waals surface area (Å²) >= 11 is 0. The number of methoxy groups -OCH3 is 3. The molecule has 1 fully saturated rings. The van der Waals surface area contributed by atoms with Gasteiger partial charge in [-0.15, -0.1) is 0 Å². The van der Waals surface area contributed by atoms with Crippen LogP contribution in [0.25, 0.3) is 0 Å². The zero-order valence-corrected chi connectivity index (χ0v) is 11.3. The third kappa shape index (κ3) is 1.81. The Labute approximate surface area is 107 Å². The van der Waals surface area contributed by atoms with Crippen molar-refractivity contribution in [2.24, 2.45) is 5.92 Å². The van der Waals surface area contributed by atoms with Crippen molar-refractivity contribution in [1.29, 1.82) is 0 Å². The first-order valence-electron chi connectivity index (χ1n) is 6.14. The highest BCUT2D eigenvalue weighted by atomic mass is 16.5. The average molecular weight is 252 g/mol. The highest BCUT2D eigenvalue weighted by Crippen LogP contribution is 2.58. The predicted molar refractivity (Wildman–Crippen MR) is 68.4 cm³/mol. The fourth-order valence-corrected chi connectivity index (χ4v) is 2.57. The van der Waals surface area contributed by atoms with Gasteiger partial charge in [-0.05, 0) is 24.5 Å². The lowest BCUT2D eigenvalue weighted by Gasteiger charge is -2.19. The van der Waals surface area contributed by atoms with Crippen LogP contribution in [-0.4, -0.2) is 26.4 Å². The van der Waals surface area contributed by atoms with Gasteiger partial charge in [-0.2, -0.15) is 0 Å². The SMILES string of the molecule is CCC1CC1(O)c1ccc(OC)c(OC)c1OC. The van der Waals surface area contributed by atoms with Crippen LogP contribution in [0.2, 0.25) is 0 Å². The van der Waals surface area contributed by atoms with E-state index < -0.39 is 5.60 Å². The molecular weight excluding hydrogens is 232 g/mol. The second-order valence-electron chi connectivity index (χ2n) is 4.62. The molecule has 0 bridgehead atoms. The van der Waals surface area contributed by atoms with Crippen molar-refractivity contribution >= 4 is 0 Å². The maximum Gasteiger partial charge on any atom is 0.203 e. The zero-order valence-electron chi connectivity index (χ0n) is 11.3. The van der Waals surface area contributed by atoms with E-state index in [-0.39, 0.29) is 0 Å². The molecule has 0 radical (unpaired) electrons. The summed E-state index contributed by atoms with van der Waals surface area (Å²) in [4.78, 5) is 0. The molecule has 0 amide bonds. The molecule has 4 heteroatoms. The quantitative estimate of drug-likeness (QED) is 0.873. The Hall–Kier alpha value is -1.42. The largest absolute Gasteiger partial charge is 0.493 e. The third-order valence-corrected chi connectivity index (χ3v) is 3.74. The lowest BCUT2D eigenvalue weighted by molar-refractivity contribution is 0.126. The first-order valence-corrected chi connectivity index (χ1v) is 6.14. The van der Waals surface area contributed by atoms with Crippen molar-refractivity contribution in [2.45, 2.75) is 25.4 Å². The highest BCUT2D eigenvalue weighted by molar-refractivity contribution is 5.58. The molecule has 0 saturated heterocycles. The van der Waals surface area contributed by atoms with E-state index in [4.69, 9.17) is 14.2 Å². The zero-order chi connectivity index (χ0) is 13.3. The van der Waals surface area contributed by atoms with E-state index in [0.29, 0.717) is 23.2 Å². The van der Waals surface area contributed by atoms with Crippen LogP contribution in [0.5, 0.6) is 17.2 Å². The summed E-state index contributed by atoms with van der Waals surface area (Å²) in [5.41, 5.74) is 0.00844. The van der Waals surface area contributed by atoms with E-state index in [9.17, 15) is 5.11 Å². The molecule has 1 aromatic rings. The summed E-state index contributed by atoms with van der Waals surface area (Å²) in [6.45, 7) is 2.08. The topological polar surface area (TPSA) is 47.9 Å². The van der Waals surface area contributed by atoms with Crippen LogP contribution in [0.15, 0.2) is 12.1 Å². The third-order valence-electron chi connectivity index (χ3n) is 3.74. The maximum atomic E-state index is 10.6. The molecule has 2 rings (SSSR count). The minimum Gasteiger partial charge on any atom is -0.493 e. The second kappa shape index (κ2) is 4.69. The number of benzene rings is 1. The van der Waals surface area contributed by atoms with Crippen LogP contribution in [-0.2, 0) is 5.60 Å². The van der Waals surface area contributed by atoms with Gasteiger partial charge in [0.2, 0.25) is 5.75 Å². The Morgan fingerprint density at radius 1 is 1.17 bits per heavy atom. The Bertz CT molecular complexity index is 444. The summed E-state index contributed by atoms with van der Waals surface area (Å²) in [5.74, 6) is 2.00. The van der Waals surface area contributed by atoms with Gasteiger partial charge in [0.05, 0.1) is 26.9 Å². The van der Waals surface area contributed by atoms with Gasteiger partial charge in [0.25, 0.3) is 0 Å². The van der Waals surface area contributed by atoms with E-state index in [2.05, 4.69) is 6.92 Å². The first kappa shape index (κ1) is 13.0.